The molecule has 3 aromatic rings. The van der Waals surface area contributed by atoms with Crippen LogP contribution in [0.2, 0.25) is 0 Å². The predicted molar refractivity (Wildman–Crippen MR) is 98.9 cm³/mol. The molecule has 0 aromatic heterocycles. The lowest BCUT2D eigenvalue weighted by atomic mass is 10.1. The van der Waals surface area contributed by atoms with Crippen LogP contribution in [0.4, 0.5) is 0 Å². The maximum atomic E-state index is 12.0. The van der Waals surface area contributed by atoms with Crippen molar-refractivity contribution in [3.05, 3.63) is 83.9 Å². The third-order valence-corrected chi connectivity index (χ3v) is 3.89. The molecule has 126 valence electrons. The Kier molecular flexibility index (Phi) is 5.14. The highest BCUT2D eigenvalue weighted by molar-refractivity contribution is 5.74. The van der Waals surface area contributed by atoms with Gasteiger partial charge in [0.15, 0.2) is 6.61 Å². The number of rotatable bonds is 5. The van der Waals surface area contributed by atoms with Crippen LogP contribution in [0.3, 0.4) is 0 Å². The molecule has 0 aliphatic heterocycles. The van der Waals surface area contributed by atoms with Gasteiger partial charge in [-0.1, -0.05) is 54.6 Å². The van der Waals surface area contributed by atoms with Gasteiger partial charge in [-0.25, -0.2) is 4.79 Å². The molecule has 25 heavy (non-hydrogen) atoms. The highest BCUT2D eigenvalue weighted by Crippen LogP contribution is 2.22. The molecule has 0 spiro atoms. The predicted octanol–water partition coefficient (Wildman–Crippen LogP) is 4.95. The van der Waals surface area contributed by atoms with E-state index < -0.39 is 5.97 Å². The lowest BCUT2D eigenvalue weighted by molar-refractivity contribution is -0.136. The number of hydrogen-bond acceptors (Lipinski definition) is 3. The normalized spacial score (nSPS) is 10.3. The van der Waals surface area contributed by atoms with Gasteiger partial charge in [0.2, 0.25) is 0 Å². The molecule has 0 bridgehead atoms. The van der Waals surface area contributed by atoms with E-state index in [0.717, 1.165) is 22.3 Å². The van der Waals surface area contributed by atoms with E-state index in [4.69, 9.17) is 9.47 Å². The van der Waals surface area contributed by atoms with Gasteiger partial charge in [0.25, 0.3) is 0 Å². The third kappa shape index (κ3) is 4.48. The van der Waals surface area contributed by atoms with Crippen molar-refractivity contribution in [3.63, 3.8) is 0 Å². The van der Waals surface area contributed by atoms with Gasteiger partial charge in [-0.15, -0.1) is 0 Å². The Morgan fingerprint density at radius 1 is 0.840 bits per heavy atom. The van der Waals surface area contributed by atoms with Crippen molar-refractivity contribution in [2.45, 2.75) is 13.8 Å². The van der Waals surface area contributed by atoms with E-state index in [0.29, 0.717) is 11.5 Å². The van der Waals surface area contributed by atoms with Crippen LogP contribution >= 0.6 is 0 Å². The fourth-order valence-electron chi connectivity index (χ4n) is 2.49. The molecule has 0 unspecified atom stereocenters. The largest absolute Gasteiger partial charge is 0.482 e. The first-order valence-corrected chi connectivity index (χ1v) is 8.18. The second-order valence-electron chi connectivity index (χ2n) is 5.92. The Labute approximate surface area is 147 Å². The lowest BCUT2D eigenvalue weighted by Gasteiger charge is -2.10. The van der Waals surface area contributed by atoms with Crippen molar-refractivity contribution in [3.8, 4) is 22.6 Å². The molecule has 3 nitrogen and oxygen atoms in total. The van der Waals surface area contributed by atoms with Gasteiger partial charge in [-0.2, -0.15) is 0 Å². The summed E-state index contributed by atoms with van der Waals surface area (Å²) in [4.78, 5) is 12.0. The van der Waals surface area contributed by atoms with Crippen molar-refractivity contribution in [1.82, 2.24) is 0 Å². The Balaban J connectivity index is 1.58. The Hall–Kier alpha value is -3.07. The second kappa shape index (κ2) is 7.67. The van der Waals surface area contributed by atoms with Crippen molar-refractivity contribution < 1.29 is 14.3 Å². The van der Waals surface area contributed by atoms with Gasteiger partial charge in [0.05, 0.1) is 0 Å². The topological polar surface area (TPSA) is 35.5 Å². The van der Waals surface area contributed by atoms with E-state index in [1.54, 1.807) is 0 Å². The molecule has 0 saturated heterocycles. The maximum Gasteiger partial charge on any atom is 0.349 e. The minimum atomic E-state index is -0.416. The van der Waals surface area contributed by atoms with Gasteiger partial charge in [0, 0.05) is 0 Å². The van der Waals surface area contributed by atoms with E-state index in [9.17, 15) is 4.79 Å². The molecule has 0 aliphatic carbocycles. The summed E-state index contributed by atoms with van der Waals surface area (Å²) in [5, 5.41) is 0. The Morgan fingerprint density at radius 3 is 2.24 bits per heavy atom. The molecule has 0 atom stereocenters. The zero-order valence-electron chi connectivity index (χ0n) is 14.4. The molecule has 0 saturated carbocycles. The summed E-state index contributed by atoms with van der Waals surface area (Å²) in [5.41, 5.74) is 4.21. The van der Waals surface area contributed by atoms with E-state index >= 15 is 0 Å². The Morgan fingerprint density at radius 2 is 1.52 bits per heavy atom. The quantitative estimate of drug-likeness (QED) is 0.489. The zero-order valence-corrected chi connectivity index (χ0v) is 14.4. The van der Waals surface area contributed by atoms with Crippen LogP contribution in [-0.4, -0.2) is 12.6 Å². The van der Waals surface area contributed by atoms with Gasteiger partial charge < -0.3 is 9.47 Å². The molecular weight excluding hydrogens is 312 g/mol. The first-order chi connectivity index (χ1) is 12.1. The number of hydrogen-bond donors (Lipinski definition) is 0. The molecule has 0 amide bonds. The third-order valence-electron chi connectivity index (χ3n) is 3.89. The monoisotopic (exact) mass is 332 g/mol. The number of carbonyl (C=O) groups excluding carboxylic acids is 1. The van der Waals surface area contributed by atoms with Crippen molar-refractivity contribution in [2.24, 2.45) is 0 Å². The van der Waals surface area contributed by atoms with Gasteiger partial charge in [-0.05, 0) is 54.3 Å². The van der Waals surface area contributed by atoms with Crippen LogP contribution in [-0.2, 0) is 4.79 Å². The fourth-order valence-corrected chi connectivity index (χ4v) is 2.49. The number of esters is 1. The zero-order chi connectivity index (χ0) is 17.6. The van der Waals surface area contributed by atoms with Gasteiger partial charge >= 0.3 is 5.97 Å². The van der Waals surface area contributed by atoms with E-state index in [1.165, 1.54) is 0 Å². The average molecular weight is 332 g/mol. The summed E-state index contributed by atoms with van der Waals surface area (Å²) in [6.45, 7) is 3.74. The molecule has 3 heteroatoms. The van der Waals surface area contributed by atoms with Gasteiger partial charge in [0.1, 0.15) is 11.5 Å². The molecule has 0 aliphatic rings. The molecule has 0 radical (unpaired) electrons. The summed E-state index contributed by atoms with van der Waals surface area (Å²) >= 11 is 0. The summed E-state index contributed by atoms with van der Waals surface area (Å²) in [7, 11) is 0. The maximum absolute atomic E-state index is 12.0. The van der Waals surface area contributed by atoms with Crippen LogP contribution < -0.4 is 9.47 Å². The molecular formula is C22H20O3. The second-order valence-corrected chi connectivity index (χ2v) is 5.92. The molecule has 0 N–H and O–H groups in total. The van der Waals surface area contributed by atoms with Crippen LogP contribution in [0.1, 0.15) is 11.1 Å². The highest BCUT2D eigenvalue weighted by atomic mass is 16.6. The number of carbonyl (C=O) groups is 1. The van der Waals surface area contributed by atoms with Crippen LogP contribution in [0, 0.1) is 13.8 Å². The highest BCUT2D eigenvalue weighted by Gasteiger charge is 2.09. The van der Waals surface area contributed by atoms with Crippen LogP contribution in [0.15, 0.2) is 72.8 Å². The first kappa shape index (κ1) is 16.8. The first-order valence-electron chi connectivity index (χ1n) is 8.18. The lowest BCUT2D eigenvalue weighted by Crippen LogP contribution is -2.18. The summed E-state index contributed by atoms with van der Waals surface area (Å²) in [6, 6.07) is 23.5. The fraction of sp³-hybridized carbons (Fsp3) is 0.136. The van der Waals surface area contributed by atoms with E-state index in [1.807, 2.05) is 74.5 Å². The molecule has 3 rings (SSSR count). The Bertz CT molecular complexity index is 852. The van der Waals surface area contributed by atoms with E-state index in [-0.39, 0.29) is 6.61 Å². The molecule has 0 fully saturated rings. The SMILES string of the molecule is Cc1ccc(C)c(OC(=O)COc2ccc(-c3ccccc3)cc2)c1. The summed E-state index contributed by atoms with van der Waals surface area (Å²) in [6.07, 6.45) is 0. The number of ether oxygens (including phenoxy) is 2. The minimum absolute atomic E-state index is 0.127. The van der Waals surface area contributed by atoms with Crippen molar-refractivity contribution in [2.75, 3.05) is 6.61 Å². The summed E-state index contributed by atoms with van der Waals surface area (Å²) < 4.78 is 10.9. The van der Waals surface area contributed by atoms with Gasteiger partial charge in [-0.3, -0.25) is 0 Å². The standard InChI is InChI=1S/C22H20O3/c1-16-8-9-17(2)21(14-16)25-22(23)15-24-20-12-10-19(11-13-20)18-6-4-3-5-7-18/h3-14H,15H2,1-2H3. The van der Waals surface area contributed by atoms with Crippen LogP contribution in [0.25, 0.3) is 11.1 Å². The van der Waals surface area contributed by atoms with Crippen LogP contribution in [0.5, 0.6) is 11.5 Å². The molecule has 0 heterocycles. The number of aryl methyl sites for hydroxylation is 2. The molecule has 3 aromatic carbocycles. The van der Waals surface area contributed by atoms with Crippen molar-refractivity contribution in [1.29, 1.82) is 0 Å². The minimum Gasteiger partial charge on any atom is -0.482 e. The van der Waals surface area contributed by atoms with Crippen molar-refractivity contribution >= 4 is 5.97 Å². The van der Waals surface area contributed by atoms with E-state index in [2.05, 4.69) is 12.1 Å². The number of benzene rings is 3. The smallest absolute Gasteiger partial charge is 0.349 e. The average Bonchev–Trinajstić information content (AvgIpc) is 2.64. The summed E-state index contributed by atoms with van der Waals surface area (Å²) in [5.74, 6) is 0.798.